The highest BCUT2D eigenvalue weighted by atomic mass is 15.2. The first kappa shape index (κ1) is 27.7. The van der Waals surface area contributed by atoms with Gasteiger partial charge in [-0.1, -0.05) is 154 Å². The molecule has 1 aliphatic rings. The van der Waals surface area contributed by atoms with Crippen LogP contribution in [-0.2, 0) is 5.41 Å². The molecule has 7 aromatic rings. The van der Waals surface area contributed by atoms with Gasteiger partial charge in [0.1, 0.15) is 0 Å². The monoisotopic (exact) mass is 591 g/mol. The zero-order chi connectivity index (χ0) is 31.3. The average molecular weight is 592 g/mol. The Labute approximate surface area is 269 Å². The summed E-state index contributed by atoms with van der Waals surface area (Å²) in [4.78, 5) is 10.3. The predicted octanol–water partition coefficient (Wildman–Crippen LogP) is 10.9. The average Bonchev–Trinajstić information content (AvgIpc) is 3.56. The van der Waals surface area contributed by atoms with E-state index in [-0.39, 0.29) is 5.41 Å². The van der Waals surface area contributed by atoms with Gasteiger partial charge in [-0.05, 0) is 46.0 Å². The van der Waals surface area contributed by atoms with Crippen LogP contribution in [0.15, 0.2) is 140 Å². The Morgan fingerprint density at radius 3 is 1.91 bits per heavy atom. The summed E-state index contributed by atoms with van der Waals surface area (Å²) in [5.74, 6) is 0.614. The highest BCUT2D eigenvalue weighted by molar-refractivity contribution is 5.97. The van der Waals surface area contributed by atoms with Gasteiger partial charge in [-0.25, -0.2) is 9.97 Å². The smallest absolute Gasteiger partial charge is 0.235 e. The maximum absolute atomic E-state index is 5.14. The minimum absolute atomic E-state index is 0.0460. The lowest BCUT2D eigenvalue weighted by molar-refractivity contribution is 0.660. The molecule has 0 amide bonds. The van der Waals surface area contributed by atoms with Crippen molar-refractivity contribution in [2.45, 2.75) is 19.3 Å². The normalized spacial score (nSPS) is 13.2. The summed E-state index contributed by atoms with van der Waals surface area (Å²) in [7, 11) is 0. The van der Waals surface area contributed by atoms with Gasteiger partial charge in [-0.15, -0.1) is 0 Å². The molecule has 0 spiro atoms. The van der Waals surface area contributed by atoms with Crippen LogP contribution in [0.4, 0.5) is 0 Å². The summed E-state index contributed by atoms with van der Waals surface area (Å²) < 4.78 is 2.14. The summed E-state index contributed by atoms with van der Waals surface area (Å²) in [6.45, 7) is 8.91. The Morgan fingerprint density at radius 2 is 1.22 bits per heavy atom. The third-order valence-electron chi connectivity index (χ3n) is 9.25. The molecular formula is C43H33N3. The Hall–Kier alpha value is -5.80. The van der Waals surface area contributed by atoms with Gasteiger partial charge < -0.3 is 0 Å². The Balaban J connectivity index is 1.28. The van der Waals surface area contributed by atoms with Crippen LogP contribution in [0.2, 0.25) is 0 Å². The molecule has 220 valence electrons. The van der Waals surface area contributed by atoms with E-state index in [1.807, 2.05) is 42.5 Å². The minimum atomic E-state index is -0.0460. The summed E-state index contributed by atoms with van der Waals surface area (Å²) in [5.41, 5.74) is 13.4. The molecule has 0 saturated carbocycles. The van der Waals surface area contributed by atoms with Crippen molar-refractivity contribution in [3.63, 3.8) is 0 Å². The maximum atomic E-state index is 5.14. The molecule has 2 heterocycles. The SMILES string of the molecule is C=Cc1c(/C=C/c2ccc3c(c2)C(C)(C)c2ccccc2-3)c2ccccc2n1-c1nc(-c2ccccc2)cc(-c2ccccc2)n1. The first-order valence-corrected chi connectivity index (χ1v) is 15.7. The van der Waals surface area contributed by atoms with Crippen molar-refractivity contribution in [2.75, 3.05) is 0 Å². The van der Waals surface area contributed by atoms with E-state index >= 15 is 0 Å². The molecule has 0 radical (unpaired) electrons. The highest BCUT2D eigenvalue weighted by Gasteiger charge is 2.35. The largest absolute Gasteiger partial charge is 0.278 e. The summed E-state index contributed by atoms with van der Waals surface area (Å²) in [5, 5.41) is 1.12. The van der Waals surface area contributed by atoms with Crippen LogP contribution in [0.5, 0.6) is 0 Å². The molecule has 0 saturated heterocycles. The third-order valence-corrected chi connectivity index (χ3v) is 9.25. The molecular weight excluding hydrogens is 558 g/mol. The van der Waals surface area contributed by atoms with E-state index in [0.717, 1.165) is 44.7 Å². The number of fused-ring (bicyclic) bond motifs is 4. The lowest BCUT2D eigenvalue weighted by Gasteiger charge is -2.21. The van der Waals surface area contributed by atoms with Crippen LogP contribution < -0.4 is 0 Å². The van der Waals surface area contributed by atoms with E-state index in [1.165, 1.54) is 27.8 Å². The molecule has 3 heteroatoms. The molecule has 46 heavy (non-hydrogen) atoms. The van der Waals surface area contributed by atoms with Gasteiger partial charge in [0.15, 0.2) is 0 Å². The van der Waals surface area contributed by atoms with Crippen molar-refractivity contribution in [1.82, 2.24) is 14.5 Å². The second-order valence-electron chi connectivity index (χ2n) is 12.3. The molecule has 1 aliphatic carbocycles. The quantitative estimate of drug-likeness (QED) is 0.193. The summed E-state index contributed by atoms with van der Waals surface area (Å²) >= 11 is 0. The molecule has 5 aromatic carbocycles. The number of hydrogen-bond donors (Lipinski definition) is 0. The fourth-order valence-corrected chi connectivity index (χ4v) is 6.93. The summed E-state index contributed by atoms with van der Waals surface area (Å²) in [6.07, 6.45) is 6.35. The van der Waals surface area contributed by atoms with E-state index < -0.39 is 0 Å². The molecule has 0 N–H and O–H groups in total. The van der Waals surface area contributed by atoms with Crippen LogP contribution in [0.1, 0.15) is 41.8 Å². The first-order chi connectivity index (χ1) is 22.5. The number of para-hydroxylation sites is 1. The van der Waals surface area contributed by atoms with Crippen LogP contribution in [0.25, 0.3) is 68.7 Å². The van der Waals surface area contributed by atoms with E-state index in [9.17, 15) is 0 Å². The van der Waals surface area contributed by atoms with Crippen molar-refractivity contribution < 1.29 is 0 Å². The highest BCUT2D eigenvalue weighted by Crippen LogP contribution is 2.48. The molecule has 3 nitrogen and oxygen atoms in total. The summed E-state index contributed by atoms with van der Waals surface area (Å²) in [6, 6.07) is 46.7. The maximum Gasteiger partial charge on any atom is 0.235 e. The van der Waals surface area contributed by atoms with Gasteiger partial charge in [0.2, 0.25) is 5.95 Å². The molecule has 0 fully saturated rings. The van der Waals surface area contributed by atoms with Gasteiger partial charge in [0.25, 0.3) is 0 Å². The molecule has 0 bridgehead atoms. The molecule has 2 aromatic heterocycles. The van der Waals surface area contributed by atoms with Crippen molar-refractivity contribution in [1.29, 1.82) is 0 Å². The molecule has 0 aliphatic heterocycles. The van der Waals surface area contributed by atoms with Gasteiger partial charge in [-0.2, -0.15) is 0 Å². The van der Waals surface area contributed by atoms with E-state index in [2.05, 4.69) is 134 Å². The van der Waals surface area contributed by atoms with E-state index in [0.29, 0.717) is 5.95 Å². The fraction of sp³-hybridized carbons (Fsp3) is 0.0698. The van der Waals surface area contributed by atoms with Gasteiger partial charge in [0.05, 0.1) is 22.6 Å². The Morgan fingerprint density at radius 1 is 0.609 bits per heavy atom. The third kappa shape index (κ3) is 4.52. The van der Waals surface area contributed by atoms with E-state index in [1.54, 1.807) is 0 Å². The minimum Gasteiger partial charge on any atom is -0.278 e. The van der Waals surface area contributed by atoms with Crippen molar-refractivity contribution in [3.8, 4) is 39.6 Å². The molecule has 0 atom stereocenters. The van der Waals surface area contributed by atoms with Crippen molar-refractivity contribution in [3.05, 3.63) is 168 Å². The van der Waals surface area contributed by atoms with Crippen LogP contribution >= 0.6 is 0 Å². The second-order valence-corrected chi connectivity index (χ2v) is 12.3. The van der Waals surface area contributed by atoms with Crippen LogP contribution in [0.3, 0.4) is 0 Å². The Bertz CT molecular complexity index is 2230. The van der Waals surface area contributed by atoms with Gasteiger partial charge in [0, 0.05) is 27.5 Å². The van der Waals surface area contributed by atoms with E-state index in [4.69, 9.17) is 9.97 Å². The standard InChI is InChI=1S/C43H33N3/c1-4-40-35(26-24-29-23-25-33-32-19-11-13-21-36(32)43(2,3)37(33)27-29)34-20-12-14-22-41(34)46(40)42-44-38(30-15-7-5-8-16-30)28-39(45-42)31-17-9-6-10-18-31/h4-28H,1H2,2-3H3/b26-24+. The fourth-order valence-electron chi connectivity index (χ4n) is 6.93. The zero-order valence-electron chi connectivity index (χ0n) is 26.0. The van der Waals surface area contributed by atoms with Gasteiger partial charge >= 0.3 is 0 Å². The Kier molecular flexibility index (Phi) is 6.61. The zero-order valence-corrected chi connectivity index (χ0v) is 26.0. The number of rotatable bonds is 6. The van der Waals surface area contributed by atoms with Gasteiger partial charge in [-0.3, -0.25) is 4.57 Å². The first-order valence-electron chi connectivity index (χ1n) is 15.7. The molecule has 0 unspecified atom stereocenters. The topological polar surface area (TPSA) is 30.7 Å². The molecule has 8 rings (SSSR count). The lowest BCUT2D eigenvalue weighted by Crippen LogP contribution is -2.14. The van der Waals surface area contributed by atoms with Crippen molar-refractivity contribution >= 4 is 29.1 Å². The lowest BCUT2D eigenvalue weighted by atomic mass is 9.82. The second kappa shape index (κ2) is 11.0. The van der Waals surface area contributed by atoms with Crippen LogP contribution in [0, 0.1) is 0 Å². The predicted molar refractivity (Wildman–Crippen MR) is 193 cm³/mol. The number of aromatic nitrogens is 3. The number of hydrogen-bond acceptors (Lipinski definition) is 2. The number of nitrogens with zero attached hydrogens (tertiary/aromatic N) is 3. The number of benzene rings is 5. The van der Waals surface area contributed by atoms with Crippen LogP contribution in [-0.4, -0.2) is 14.5 Å². The van der Waals surface area contributed by atoms with Crippen molar-refractivity contribution in [2.24, 2.45) is 0 Å².